The molecule has 0 amide bonds. The number of pyridine rings is 1. The van der Waals surface area contributed by atoms with Crippen LogP contribution in [0.1, 0.15) is 32.3 Å². The molecule has 0 unspecified atom stereocenters. The number of rotatable bonds is 4. The summed E-state index contributed by atoms with van der Waals surface area (Å²) >= 11 is 0. The molecule has 2 aliphatic rings. The summed E-state index contributed by atoms with van der Waals surface area (Å²) < 4.78 is 30.6. The van der Waals surface area contributed by atoms with E-state index in [0.29, 0.717) is 36.0 Å². The third kappa shape index (κ3) is 3.78. The van der Waals surface area contributed by atoms with Crippen LogP contribution >= 0.6 is 0 Å². The van der Waals surface area contributed by atoms with E-state index < -0.39 is 17.2 Å². The lowest BCUT2D eigenvalue weighted by atomic mass is 9.88. The average Bonchev–Trinajstić information content (AvgIpc) is 3.49. The van der Waals surface area contributed by atoms with E-state index in [4.69, 9.17) is 9.97 Å². The van der Waals surface area contributed by atoms with Gasteiger partial charge in [-0.1, -0.05) is 0 Å². The van der Waals surface area contributed by atoms with Crippen LogP contribution in [0, 0.1) is 11.6 Å². The van der Waals surface area contributed by atoms with Crippen LogP contribution in [0.25, 0.3) is 16.9 Å². The van der Waals surface area contributed by atoms with Gasteiger partial charge in [0, 0.05) is 44.0 Å². The molecule has 2 aliphatic heterocycles. The molecule has 0 bridgehead atoms. The Kier molecular flexibility index (Phi) is 5.59. The lowest BCUT2D eigenvalue weighted by Crippen LogP contribution is -2.49. The summed E-state index contributed by atoms with van der Waals surface area (Å²) in [5.74, 6) is -0.134. The monoisotopic (exact) mass is 489 g/mol. The molecule has 4 aromatic rings. The fourth-order valence-electron chi connectivity index (χ4n) is 5.65. The third-order valence-corrected chi connectivity index (χ3v) is 7.64. The molecule has 1 aromatic carbocycles. The molecule has 0 saturated carbocycles. The van der Waals surface area contributed by atoms with Gasteiger partial charge in [0.15, 0.2) is 5.65 Å². The summed E-state index contributed by atoms with van der Waals surface area (Å²) in [7, 11) is 0. The van der Waals surface area contributed by atoms with Gasteiger partial charge in [-0.25, -0.2) is 18.3 Å². The quantitative estimate of drug-likeness (QED) is 0.459. The van der Waals surface area contributed by atoms with Gasteiger partial charge in [0.05, 0.1) is 34.9 Å². The second-order valence-electron chi connectivity index (χ2n) is 9.91. The summed E-state index contributed by atoms with van der Waals surface area (Å²) in [6.45, 7) is 7.73. The first-order valence-electron chi connectivity index (χ1n) is 12.5. The number of anilines is 2. The zero-order valence-corrected chi connectivity index (χ0v) is 20.5. The molecular formula is C27H29F2N7. The Labute approximate surface area is 208 Å². The Bertz CT molecular complexity index is 1400. The molecule has 0 aliphatic carbocycles. The first kappa shape index (κ1) is 22.8. The van der Waals surface area contributed by atoms with E-state index in [2.05, 4.69) is 33.2 Å². The number of fused-ring (bicyclic) bond motifs is 1. The van der Waals surface area contributed by atoms with Gasteiger partial charge in [0.2, 0.25) is 0 Å². The smallest absolute Gasteiger partial charge is 0.166 e. The van der Waals surface area contributed by atoms with E-state index in [1.165, 1.54) is 12.1 Å². The Hall–Kier alpha value is -3.59. The van der Waals surface area contributed by atoms with E-state index in [1.54, 1.807) is 10.7 Å². The van der Waals surface area contributed by atoms with Gasteiger partial charge < -0.3 is 15.1 Å². The molecule has 2 saturated heterocycles. The van der Waals surface area contributed by atoms with Crippen molar-refractivity contribution in [2.24, 2.45) is 0 Å². The molecule has 7 nitrogen and oxygen atoms in total. The maximum absolute atomic E-state index is 14.8. The van der Waals surface area contributed by atoms with E-state index in [9.17, 15) is 8.78 Å². The highest BCUT2D eigenvalue weighted by Gasteiger charge is 2.41. The van der Waals surface area contributed by atoms with Gasteiger partial charge in [-0.05, 0) is 63.1 Å². The topological polar surface area (TPSA) is 61.6 Å². The molecule has 186 valence electrons. The Balaban J connectivity index is 1.35. The van der Waals surface area contributed by atoms with Crippen LogP contribution in [0.4, 0.5) is 20.3 Å². The number of hydrogen-bond acceptors (Lipinski definition) is 6. The summed E-state index contributed by atoms with van der Waals surface area (Å²) in [6.07, 6.45) is 7.11. The SMILES string of the molecule is C[C@H]1CNCCN1c1ccc(-c2cnn3ccc(N4CCC[C@]4(C)c4cc(F)ccc4F)nc23)nc1. The zero-order valence-electron chi connectivity index (χ0n) is 20.5. The third-order valence-electron chi connectivity index (χ3n) is 7.64. The molecule has 0 spiro atoms. The van der Waals surface area contributed by atoms with Crippen molar-refractivity contribution in [1.29, 1.82) is 0 Å². The number of halogens is 2. The minimum atomic E-state index is -0.697. The van der Waals surface area contributed by atoms with Crippen molar-refractivity contribution in [3.8, 4) is 11.3 Å². The first-order chi connectivity index (χ1) is 17.4. The number of benzene rings is 1. The number of aromatic nitrogens is 4. The lowest BCUT2D eigenvalue weighted by molar-refractivity contribution is 0.451. The van der Waals surface area contributed by atoms with Gasteiger partial charge >= 0.3 is 0 Å². The second-order valence-corrected chi connectivity index (χ2v) is 9.91. The van der Waals surface area contributed by atoms with E-state index in [1.807, 2.05) is 31.5 Å². The first-order valence-corrected chi connectivity index (χ1v) is 12.5. The summed E-state index contributed by atoms with van der Waals surface area (Å²) in [4.78, 5) is 14.1. The number of nitrogens with zero attached hydrogens (tertiary/aromatic N) is 6. The molecule has 1 N–H and O–H groups in total. The van der Waals surface area contributed by atoms with Crippen molar-refractivity contribution >= 4 is 17.2 Å². The van der Waals surface area contributed by atoms with E-state index >= 15 is 0 Å². The van der Waals surface area contributed by atoms with Crippen LogP contribution in [0.5, 0.6) is 0 Å². The van der Waals surface area contributed by atoms with Gasteiger partial charge in [0.25, 0.3) is 0 Å². The molecule has 0 radical (unpaired) electrons. The predicted octanol–water partition coefficient (Wildman–Crippen LogP) is 4.38. The fraction of sp³-hybridized carbons (Fsp3) is 0.370. The molecule has 2 atom stereocenters. The van der Waals surface area contributed by atoms with E-state index in [0.717, 1.165) is 49.1 Å². The lowest BCUT2D eigenvalue weighted by Gasteiger charge is -2.37. The fourth-order valence-corrected chi connectivity index (χ4v) is 5.65. The summed E-state index contributed by atoms with van der Waals surface area (Å²) in [5, 5.41) is 7.89. The van der Waals surface area contributed by atoms with Crippen molar-refractivity contribution in [2.45, 2.75) is 38.3 Å². The zero-order chi connectivity index (χ0) is 24.9. The predicted molar refractivity (Wildman–Crippen MR) is 136 cm³/mol. The Morgan fingerprint density at radius 1 is 1.08 bits per heavy atom. The largest absolute Gasteiger partial charge is 0.365 e. The molecular weight excluding hydrogens is 460 g/mol. The van der Waals surface area contributed by atoms with Crippen molar-refractivity contribution in [3.63, 3.8) is 0 Å². The summed E-state index contributed by atoms with van der Waals surface area (Å²) in [6, 6.07) is 10.1. The molecule has 9 heteroatoms. The molecule has 6 rings (SSSR count). The maximum Gasteiger partial charge on any atom is 0.166 e. The van der Waals surface area contributed by atoms with Crippen molar-refractivity contribution in [1.82, 2.24) is 24.9 Å². The highest BCUT2D eigenvalue weighted by molar-refractivity contribution is 5.76. The minimum Gasteiger partial charge on any atom is -0.365 e. The Morgan fingerprint density at radius 2 is 1.97 bits per heavy atom. The van der Waals surface area contributed by atoms with Crippen molar-refractivity contribution in [3.05, 3.63) is 72.2 Å². The molecule has 2 fully saturated rings. The highest BCUT2D eigenvalue weighted by atomic mass is 19.1. The van der Waals surface area contributed by atoms with Crippen LogP contribution in [0.3, 0.4) is 0 Å². The number of piperazine rings is 1. The molecule has 5 heterocycles. The normalized spacial score (nSPS) is 22.5. The number of nitrogens with one attached hydrogen (secondary N) is 1. The molecule has 36 heavy (non-hydrogen) atoms. The van der Waals surface area contributed by atoms with Gasteiger partial charge in [-0.2, -0.15) is 5.10 Å². The van der Waals surface area contributed by atoms with Crippen molar-refractivity contribution < 1.29 is 8.78 Å². The van der Waals surface area contributed by atoms with Crippen LogP contribution in [-0.4, -0.2) is 51.8 Å². The van der Waals surface area contributed by atoms with E-state index in [-0.39, 0.29) is 0 Å². The van der Waals surface area contributed by atoms with Crippen LogP contribution in [0.15, 0.2) is 55.0 Å². The second kappa shape index (κ2) is 8.81. The van der Waals surface area contributed by atoms with Crippen LogP contribution in [-0.2, 0) is 5.54 Å². The van der Waals surface area contributed by atoms with Crippen LogP contribution in [0.2, 0.25) is 0 Å². The standard InChI is InChI=1S/C27H29F2N7/c1-18-15-30-10-13-34(18)20-5-7-24(31-16-20)21-17-32-36-12-8-25(33-26(21)36)35-11-3-9-27(35,2)22-14-19(28)4-6-23(22)29/h4-8,12,14,16-18,30H,3,9-11,13,15H2,1-2H3/t18-,27+/m0/s1. The van der Waals surface area contributed by atoms with Crippen LogP contribution < -0.4 is 15.1 Å². The Morgan fingerprint density at radius 3 is 2.78 bits per heavy atom. The number of hydrogen-bond donors (Lipinski definition) is 1. The van der Waals surface area contributed by atoms with Gasteiger partial charge in [-0.3, -0.25) is 4.98 Å². The minimum absolute atomic E-state index is 0.356. The highest BCUT2D eigenvalue weighted by Crippen LogP contribution is 2.42. The van der Waals surface area contributed by atoms with Gasteiger partial charge in [-0.15, -0.1) is 0 Å². The maximum atomic E-state index is 14.8. The van der Waals surface area contributed by atoms with Gasteiger partial charge in [0.1, 0.15) is 17.5 Å². The average molecular weight is 490 g/mol. The molecule has 3 aromatic heterocycles. The summed E-state index contributed by atoms with van der Waals surface area (Å²) in [5.41, 5.74) is 3.06. The van der Waals surface area contributed by atoms with Crippen molar-refractivity contribution in [2.75, 3.05) is 36.0 Å².